The van der Waals surface area contributed by atoms with E-state index in [1.807, 2.05) is 0 Å². The van der Waals surface area contributed by atoms with Crippen molar-refractivity contribution in [1.29, 1.82) is 0 Å². The standard InChI is InChI=1S/C35H23F8NO8.C33H23N3O8/c1-20-3-2-4-23(19-20)30(47)49-25-11-5-21(6-12-25)22-7-13-27(14-8-22)51-33(38,34(39,40)41)35(42,43)52-32(36,37)31(48)50-26-15-9-24(10-16-26)44-28(45)17-18-29(44)46;1-20(37)34-24-7-13-28(14-8-24)44-33(42)23-4-2-3-22(19-23)31(40)35-25-9-15-27(16-10-25)43-32(41)21-5-11-26(12-6-21)36-29(38)17-18-30(36)39/h2-16,19H,17-18H2,1H3;2-19H,1H3,(H,34,37)(H,35,40). The summed E-state index contributed by atoms with van der Waals surface area (Å²) in [7, 11) is 0. The number of ether oxygens (including phenoxy) is 6. The summed E-state index contributed by atoms with van der Waals surface area (Å²) in [5.41, 5.74) is 3.58. The van der Waals surface area contributed by atoms with Gasteiger partial charge in [0, 0.05) is 48.9 Å². The first kappa shape index (κ1) is 68.2. The third kappa shape index (κ3) is 16.3. The average molecular weight is 1330 g/mol. The van der Waals surface area contributed by atoms with E-state index in [1.54, 1.807) is 67.6 Å². The molecule has 0 aromatic heterocycles. The fourth-order valence-electron chi connectivity index (χ4n) is 8.92. The van der Waals surface area contributed by atoms with Crippen molar-refractivity contribution in [1.82, 2.24) is 0 Å². The zero-order valence-electron chi connectivity index (χ0n) is 49.5. The van der Waals surface area contributed by atoms with E-state index in [4.69, 9.17) is 14.2 Å². The van der Waals surface area contributed by atoms with Crippen molar-refractivity contribution in [3.63, 3.8) is 0 Å². The SMILES string of the molecule is CC(=O)Nc1ccc(OC(=O)c2cccc(C(=O)Nc3ccc(OC(=O)c4ccc(N5C(=O)C=CC5=O)cc4)cc3)c2)cc1.Cc1cccc(C(=O)Oc2ccc(-c3ccc(OC(F)(C(F)(F)F)C(F)(F)OC(F)(F)C(=O)Oc4ccc(N5C(=O)CCC5=O)cc4)cc3)cc2)c1. The van der Waals surface area contributed by atoms with Crippen LogP contribution in [0, 0.1) is 6.92 Å². The Morgan fingerprint density at radius 1 is 0.438 bits per heavy atom. The number of nitrogens with zero attached hydrogens (tertiary/aromatic N) is 2. The predicted molar refractivity (Wildman–Crippen MR) is 323 cm³/mol. The van der Waals surface area contributed by atoms with Crippen LogP contribution in [0.5, 0.6) is 28.7 Å². The molecule has 28 heteroatoms. The second-order valence-corrected chi connectivity index (χ2v) is 20.6. The predicted octanol–water partition coefficient (Wildman–Crippen LogP) is 12.7. The molecule has 0 saturated carbocycles. The molecule has 1 atom stereocenters. The first-order valence-electron chi connectivity index (χ1n) is 28.0. The molecule has 2 N–H and O–H groups in total. The molecule has 10 rings (SSSR count). The number of esters is 4. The summed E-state index contributed by atoms with van der Waals surface area (Å²) >= 11 is 0. The van der Waals surface area contributed by atoms with E-state index in [0.29, 0.717) is 40.3 Å². The van der Waals surface area contributed by atoms with Crippen LogP contribution >= 0.6 is 0 Å². The fraction of sp³-hybridized carbons (Fsp3) is 0.118. The van der Waals surface area contributed by atoms with Crippen molar-refractivity contribution in [2.45, 2.75) is 50.9 Å². The lowest BCUT2D eigenvalue weighted by Gasteiger charge is -2.35. The quantitative estimate of drug-likeness (QED) is 0.0330. The Morgan fingerprint density at radius 2 is 0.844 bits per heavy atom. The monoisotopic (exact) mass is 1330 g/mol. The van der Waals surface area contributed by atoms with Gasteiger partial charge in [0.2, 0.25) is 17.7 Å². The highest BCUT2D eigenvalue weighted by molar-refractivity contribution is 6.28. The van der Waals surface area contributed by atoms with Crippen molar-refractivity contribution in [3.05, 3.63) is 234 Å². The summed E-state index contributed by atoms with van der Waals surface area (Å²) in [6.45, 7) is 3.17. The number of halogens is 8. The Balaban J connectivity index is 0.000000228. The summed E-state index contributed by atoms with van der Waals surface area (Å²) in [5, 5.41) is 5.34. The van der Waals surface area contributed by atoms with E-state index in [0.717, 1.165) is 51.8 Å². The van der Waals surface area contributed by atoms with Gasteiger partial charge in [-0.2, -0.15) is 35.1 Å². The van der Waals surface area contributed by atoms with Gasteiger partial charge in [0.15, 0.2) is 0 Å². The van der Waals surface area contributed by atoms with Crippen LogP contribution in [-0.2, 0) is 33.5 Å². The molecule has 1 saturated heterocycles. The summed E-state index contributed by atoms with van der Waals surface area (Å²) in [4.78, 5) is 123. The number of hydrogen-bond acceptors (Lipinski definition) is 16. The first-order chi connectivity index (χ1) is 45.4. The maximum atomic E-state index is 15.1. The zero-order chi connectivity index (χ0) is 69.3. The number of alkyl halides is 8. The third-order valence-electron chi connectivity index (χ3n) is 13.6. The molecule has 2 aliphatic rings. The van der Waals surface area contributed by atoms with Gasteiger partial charge in [-0.1, -0.05) is 48.0 Å². The van der Waals surface area contributed by atoms with Crippen LogP contribution in [0.1, 0.15) is 66.8 Å². The number of aryl methyl sites for hydroxylation is 1. The second kappa shape index (κ2) is 28.3. The van der Waals surface area contributed by atoms with Gasteiger partial charge in [0.05, 0.1) is 28.1 Å². The van der Waals surface area contributed by atoms with Crippen LogP contribution in [0.3, 0.4) is 0 Å². The van der Waals surface area contributed by atoms with E-state index in [2.05, 4.69) is 24.8 Å². The normalized spacial score (nSPS) is 13.6. The Morgan fingerprint density at radius 3 is 1.33 bits per heavy atom. The molecular weight excluding hydrogens is 1280 g/mol. The Hall–Kier alpha value is -12.2. The van der Waals surface area contributed by atoms with Gasteiger partial charge in [-0.25, -0.2) is 28.8 Å². The molecule has 1 unspecified atom stereocenters. The lowest BCUT2D eigenvalue weighted by Crippen LogP contribution is -2.63. The minimum atomic E-state index is -6.71. The van der Waals surface area contributed by atoms with Crippen LogP contribution in [0.15, 0.2) is 206 Å². The maximum absolute atomic E-state index is 15.1. The van der Waals surface area contributed by atoms with Crippen molar-refractivity contribution in [3.8, 4) is 39.9 Å². The molecule has 0 bridgehead atoms. The molecule has 2 heterocycles. The molecule has 490 valence electrons. The molecule has 6 amide bonds. The van der Waals surface area contributed by atoms with Crippen LogP contribution in [0.2, 0.25) is 0 Å². The average Bonchev–Trinajstić information content (AvgIpc) is 0.978. The van der Waals surface area contributed by atoms with E-state index < -0.39 is 89.2 Å². The highest BCUT2D eigenvalue weighted by atomic mass is 19.4. The summed E-state index contributed by atoms with van der Waals surface area (Å²) in [5.74, 6) is -15.3. The molecule has 8 aromatic carbocycles. The largest absolute Gasteiger partial charge is 0.470 e. The summed E-state index contributed by atoms with van der Waals surface area (Å²) < 4.78 is 142. The fourth-order valence-corrected chi connectivity index (χ4v) is 8.92. The Labute approximate surface area is 537 Å². The number of anilines is 4. The van der Waals surface area contributed by atoms with Gasteiger partial charge in [0.1, 0.15) is 28.7 Å². The molecular formula is C68H46F8N4O16. The first-order valence-corrected chi connectivity index (χ1v) is 28.0. The molecule has 2 aliphatic heterocycles. The number of carbonyl (C=O) groups is 10. The minimum absolute atomic E-state index is 0.0470. The van der Waals surface area contributed by atoms with Crippen LogP contribution in [0.25, 0.3) is 11.1 Å². The van der Waals surface area contributed by atoms with Gasteiger partial charge >= 0.3 is 48.1 Å². The van der Waals surface area contributed by atoms with Crippen molar-refractivity contribution < 1.29 is 111 Å². The number of amides is 6. The molecule has 0 spiro atoms. The number of benzene rings is 8. The smallest absolute Gasteiger partial charge is 0.444 e. The lowest BCUT2D eigenvalue weighted by atomic mass is 10.1. The maximum Gasteiger partial charge on any atom is 0.470 e. The molecule has 20 nitrogen and oxygen atoms in total. The zero-order valence-corrected chi connectivity index (χ0v) is 49.5. The van der Waals surface area contributed by atoms with Gasteiger partial charge in [-0.15, -0.1) is 0 Å². The Bertz CT molecular complexity index is 4330. The van der Waals surface area contributed by atoms with E-state index in [1.165, 1.54) is 104 Å². The van der Waals surface area contributed by atoms with E-state index in [9.17, 15) is 78.7 Å². The van der Waals surface area contributed by atoms with Gasteiger partial charge in [0.25, 0.3) is 17.7 Å². The number of carbonyl (C=O) groups excluding carboxylic acids is 10. The Kier molecular flexibility index (Phi) is 20.1. The number of imide groups is 2. The molecule has 0 radical (unpaired) electrons. The van der Waals surface area contributed by atoms with Gasteiger partial charge in [-0.05, 0) is 170 Å². The second-order valence-electron chi connectivity index (χ2n) is 20.6. The topological polar surface area (TPSA) is 257 Å². The lowest BCUT2D eigenvalue weighted by molar-refractivity contribution is -0.474. The van der Waals surface area contributed by atoms with Crippen molar-refractivity contribution in [2.75, 3.05) is 20.4 Å². The molecule has 1 fully saturated rings. The van der Waals surface area contributed by atoms with Crippen LogP contribution < -0.4 is 44.1 Å². The van der Waals surface area contributed by atoms with E-state index >= 15 is 4.39 Å². The summed E-state index contributed by atoms with van der Waals surface area (Å²) in [6.07, 6.45) is -17.0. The highest BCUT2D eigenvalue weighted by Crippen LogP contribution is 2.49. The van der Waals surface area contributed by atoms with Crippen LogP contribution in [-0.4, -0.2) is 83.6 Å². The van der Waals surface area contributed by atoms with Gasteiger partial charge in [-0.3, -0.25) is 33.7 Å². The van der Waals surface area contributed by atoms with Gasteiger partial charge < -0.3 is 34.3 Å². The number of hydrogen-bond donors (Lipinski definition) is 2. The third-order valence-corrected chi connectivity index (χ3v) is 13.6. The number of nitrogens with one attached hydrogen (secondary N) is 2. The van der Waals surface area contributed by atoms with Crippen molar-refractivity contribution in [2.24, 2.45) is 0 Å². The van der Waals surface area contributed by atoms with Crippen LogP contribution in [0.4, 0.5) is 57.9 Å². The summed E-state index contributed by atoms with van der Waals surface area (Å²) in [6, 6.07) is 43.3. The van der Waals surface area contributed by atoms with Crippen molar-refractivity contribution >= 4 is 82.1 Å². The highest BCUT2D eigenvalue weighted by Gasteiger charge is 2.78. The molecule has 8 aromatic rings. The number of rotatable bonds is 19. The minimum Gasteiger partial charge on any atom is -0.444 e. The molecule has 96 heavy (non-hydrogen) atoms. The van der Waals surface area contributed by atoms with E-state index in [-0.39, 0.29) is 63.9 Å². The molecule has 0 aliphatic carbocycles.